The van der Waals surface area contributed by atoms with Gasteiger partial charge in [0.2, 0.25) is 0 Å². The van der Waals surface area contributed by atoms with Gasteiger partial charge in [-0.05, 0) is 141 Å². The van der Waals surface area contributed by atoms with Crippen molar-refractivity contribution < 1.29 is 23.8 Å². The van der Waals surface area contributed by atoms with Gasteiger partial charge >= 0.3 is 5.97 Å². The Morgan fingerprint density at radius 2 is 1.00 bits per heavy atom. The van der Waals surface area contributed by atoms with E-state index in [0.29, 0.717) is 28.4 Å². The van der Waals surface area contributed by atoms with Crippen LogP contribution in [0.2, 0.25) is 0 Å². The number of rotatable bonds is 7. The van der Waals surface area contributed by atoms with Crippen molar-refractivity contribution in [3.63, 3.8) is 0 Å². The highest BCUT2D eigenvalue weighted by atomic mass is 16.5. The Balaban J connectivity index is 1.49. The zero-order chi connectivity index (χ0) is 26.7. The highest BCUT2D eigenvalue weighted by molar-refractivity contribution is 5.94. The highest BCUT2D eigenvalue weighted by Gasteiger charge is 2.15. The van der Waals surface area contributed by atoms with Gasteiger partial charge < -0.3 is 14.2 Å². The van der Waals surface area contributed by atoms with E-state index in [1.807, 2.05) is 39.8 Å². The summed E-state index contributed by atoms with van der Waals surface area (Å²) in [4.78, 5) is 24.3. The van der Waals surface area contributed by atoms with Crippen molar-refractivity contribution in [2.75, 3.05) is 7.11 Å². The van der Waals surface area contributed by atoms with Crippen molar-refractivity contribution in [2.45, 2.75) is 34.6 Å². The van der Waals surface area contributed by atoms with E-state index >= 15 is 0 Å². The van der Waals surface area contributed by atoms with Crippen molar-refractivity contribution in [3.05, 3.63) is 106 Å². The molecule has 37 heavy (non-hydrogen) atoms. The fourth-order valence-electron chi connectivity index (χ4n) is 4.42. The van der Waals surface area contributed by atoms with Crippen LogP contribution in [-0.2, 0) is 0 Å². The number of hydrogen-bond donors (Lipinski definition) is 0. The first kappa shape index (κ1) is 25.7. The number of carbonyl (C=O) groups is 2. The van der Waals surface area contributed by atoms with E-state index in [4.69, 9.17) is 14.2 Å². The van der Waals surface area contributed by atoms with Gasteiger partial charge in [-0.15, -0.1) is 0 Å². The molecule has 0 atom stereocenters. The minimum atomic E-state index is -0.438. The zero-order valence-electron chi connectivity index (χ0n) is 22.0. The molecule has 0 heterocycles. The fraction of sp³-hybridized carbons (Fsp3) is 0.188. The van der Waals surface area contributed by atoms with Crippen LogP contribution in [-0.4, -0.2) is 18.9 Å². The van der Waals surface area contributed by atoms with Crippen LogP contribution in [0.15, 0.2) is 72.8 Å². The molecule has 4 aromatic rings. The van der Waals surface area contributed by atoms with E-state index < -0.39 is 5.97 Å². The molecule has 0 amide bonds. The molecule has 0 unspecified atom stereocenters. The number of aryl methyl sites for hydroxylation is 4. The Hall–Kier alpha value is -4.38. The number of ether oxygens (including phenoxy) is 3. The summed E-state index contributed by atoms with van der Waals surface area (Å²) in [6.07, 6.45) is 0. The Morgan fingerprint density at radius 3 is 1.41 bits per heavy atom. The molecule has 4 rings (SSSR count). The van der Waals surface area contributed by atoms with Crippen molar-refractivity contribution >= 4 is 11.8 Å². The molecular formula is C32H30O5. The van der Waals surface area contributed by atoms with Crippen LogP contribution in [0.1, 0.15) is 49.9 Å². The average Bonchev–Trinajstić information content (AvgIpc) is 2.86. The average molecular weight is 495 g/mol. The minimum Gasteiger partial charge on any atom is -0.496 e. The lowest BCUT2D eigenvalue weighted by molar-refractivity contribution is 0.0732. The number of methoxy groups -OCH3 is 1. The highest BCUT2D eigenvalue weighted by Crippen LogP contribution is 2.34. The molecule has 5 heteroatoms. The third kappa shape index (κ3) is 5.72. The number of esters is 1. The van der Waals surface area contributed by atoms with Crippen LogP contribution in [0.3, 0.4) is 0 Å². The largest absolute Gasteiger partial charge is 0.496 e. The molecule has 0 N–H and O–H groups in total. The smallest absolute Gasteiger partial charge is 0.343 e. The fourth-order valence-corrected chi connectivity index (χ4v) is 4.42. The van der Waals surface area contributed by atoms with E-state index in [2.05, 4.69) is 12.1 Å². The second-order valence-electron chi connectivity index (χ2n) is 9.18. The van der Waals surface area contributed by atoms with Gasteiger partial charge in [0.25, 0.3) is 0 Å². The Kier molecular flexibility index (Phi) is 7.44. The van der Waals surface area contributed by atoms with Crippen molar-refractivity contribution in [1.82, 2.24) is 0 Å². The molecule has 4 aromatic carbocycles. The topological polar surface area (TPSA) is 61.8 Å². The van der Waals surface area contributed by atoms with E-state index in [1.54, 1.807) is 55.6 Å². The lowest BCUT2D eigenvalue weighted by atomic mass is 9.96. The van der Waals surface area contributed by atoms with Crippen molar-refractivity contribution in [3.8, 4) is 34.1 Å². The van der Waals surface area contributed by atoms with E-state index in [1.165, 1.54) is 6.92 Å². The van der Waals surface area contributed by atoms with Crippen molar-refractivity contribution in [2.24, 2.45) is 0 Å². The van der Waals surface area contributed by atoms with Gasteiger partial charge in [-0.1, -0.05) is 0 Å². The predicted molar refractivity (Wildman–Crippen MR) is 145 cm³/mol. The first-order chi connectivity index (χ1) is 17.7. The predicted octanol–water partition coefficient (Wildman–Crippen LogP) is 7.81. The quantitative estimate of drug-likeness (QED) is 0.149. The minimum absolute atomic E-state index is 0.000422. The van der Waals surface area contributed by atoms with Crippen LogP contribution in [0.4, 0.5) is 0 Å². The second kappa shape index (κ2) is 10.7. The van der Waals surface area contributed by atoms with Gasteiger partial charge in [-0.2, -0.15) is 0 Å². The summed E-state index contributed by atoms with van der Waals surface area (Å²) in [7, 11) is 1.68. The van der Waals surface area contributed by atoms with Crippen LogP contribution in [0.25, 0.3) is 11.1 Å². The summed E-state index contributed by atoms with van der Waals surface area (Å²) in [5.41, 5.74) is 7.09. The summed E-state index contributed by atoms with van der Waals surface area (Å²) in [6.45, 7) is 9.47. The lowest BCUT2D eigenvalue weighted by Crippen LogP contribution is -2.10. The molecule has 0 aliphatic rings. The van der Waals surface area contributed by atoms with Gasteiger partial charge in [0.15, 0.2) is 5.78 Å². The Morgan fingerprint density at radius 1 is 0.595 bits per heavy atom. The molecule has 0 radical (unpaired) electrons. The molecule has 0 saturated carbocycles. The van der Waals surface area contributed by atoms with Gasteiger partial charge in [-0.25, -0.2) is 4.79 Å². The first-order valence-corrected chi connectivity index (χ1v) is 12.0. The van der Waals surface area contributed by atoms with E-state index in [0.717, 1.165) is 39.1 Å². The van der Waals surface area contributed by atoms with Crippen LogP contribution >= 0.6 is 0 Å². The Bertz CT molecular complexity index is 1420. The van der Waals surface area contributed by atoms with Crippen LogP contribution in [0.5, 0.6) is 23.0 Å². The summed E-state index contributed by atoms with van der Waals surface area (Å²) >= 11 is 0. The molecule has 0 aliphatic heterocycles. The number of Topliss-reactive ketones (excluding diaryl/α,β-unsaturated/α-hetero) is 1. The third-order valence-electron chi connectivity index (χ3n) is 6.24. The molecular weight excluding hydrogens is 464 g/mol. The van der Waals surface area contributed by atoms with Crippen LogP contribution < -0.4 is 14.2 Å². The molecule has 5 nitrogen and oxygen atoms in total. The van der Waals surface area contributed by atoms with Gasteiger partial charge in [0.1, 0.15) is 23.0 Å². The van der Waals surface area contributed by atoms with E-state index in [-0.39, 0.29) is 5.78 Å². The summed E-state index contributed by atoms with van der Waals surface area (Å²) < 4.78 is 17.1. The second-order valence-corrected chi connectivity index (χ2v) is 9.18. The summed E-state index contributed by atoms with van der Waals surface area (Å²) in [6, 6.07) is 22.0. The normalized spacial score (nSPS) is 10.6. The number of carbonyl (C=O) groups excluding carboxylic acids is 2. The number of hydrogen-bond acceptors (Lipinski definition) is 5. The SMILES string of the molecule is COc1c(C)cc(-c2cc(C)c(OC(=O)c3ccc(Oc4ccc(C(C)=O)cc4)cc3)c(C)c2)cc1C. The maximum absolute atomic E-state index is 12.9. The summed E-state index contributed by atoms with van der Waals surface area (Å²) in [5, 5.41) is 0. The standard InChI is InChI=1S/C32H30O5/c1-19-15-26(16-20(2)30(19)35-6)27-17-21(3)31(22(4)18-27)37-32(34)25-9-13-29(14-10-25)36-28-11-7-24(8-12-28)23(5)33/h7-18H,1-6H3. The van der Waals surface area contributed by atoms with Gasteiger partial charge in [0, 0.05) is 5.56 Å². The maximum Gasteiger partial charge on any atom is 0.343 e. The number of benzene rings is 4. The lowest BCUT2D eigenvalue weighted by Gasteiger charge is -2.15. The monoisotopic (exact) mass is 494 g/mol. The Labute approximate surface area is 217 Å². The first-order valence-electron chi connectivity index (χ1n) is 12.0. The molecule has 0 aliphatic carbocycles. The molecule has 0 fully saturated rings. The molecule has 0 saturated heterocycles. The molecule has 188 valence electrons. The third-order valence-corrected chi connectivity index (χ3v) is 6.24. The van der Waals surface area contributed by atoms with Gasteiger partial charge in [-0.3, -0.25) is 4.79 Å². The van der Waals surface area contributed by atoms with Crippen molar-refractivity contribution in [1.29, 1.82) is 0 Å². The maximum atomic E-state index is 12.9. The zero-order valence-corrected chi connectivity index (χ0v) is 22.0. The van der Waals surface area contributed by atoms with Gasteiger partial charge in [0.05, 0.1) is 12.7 Å². The number of ketones is 1. The van der Waals surface area contributed by atoms with Crippen LogP contribution in [0, 0.1) is 27.7 Å². The van der Waals surface area contributed by atoms with E-state index in [9.17, 15) is 9.59 Å². The molecule has 0 aromatic heterocycles. The summed E-state index contributed by atoms with van der Waals surface area (Å²) in [5.74, 6) is 2.20. The molecule has 0 spiro atoms. The molecule has 0 bridgehead atoms.